The number of aromatic amines is 1. The van der Waals surface area contributed by atoms with Crippen molar-refractivity contribution in [1.82, 2.24) is 9.97 Å². The maximum atomic E-state index is 13.4. The van der Waals surface area contributed by atoms with Crippen LogP contribution in [0.3, 0.4) is 0 Å². The lowest BCUT2D eigenvalue weighted by atomic mass is 10.2. The summed E-state index contributed by atoms with van der Waals surface area (Å²) < 4.78 is 29.3. The Hall–Kier alpha value is -3.61. The second-order valence-corrected chi connectivity index (χ2v) is 5.84. The molecule has 27 heavy (non-hydrogen) atoms. The molecular formula is C20H15FN2O4. The number of carbonyl (C=O) groups is 1. The van der Waals surface area contributed by atoms with Gasteiger partial charge < -0.3 is 18.9 Å². The fourth-order valence-corrected chi connectivity index (χ4v) is 2.72. The van der Waals surface area contributed by atoms with Crippen LogP contribution in [0, 0.1) is 5.82 Å². The predicted molar refractivity (Wildman–Crippen MR) is 95.9 cm³/mol. The van der Waals surface area contributed by atoms with Crippen molar-refractivity contribution in [2.45, 2.75) is 6.61 Å². The molecule has 0 radical (unpaired) electrons. The van der Waals surface area contributed by atoms with Gasteiger partial charge in [0.15, 0.2) is 0 Å². The lowest BCUT2D eigenvalue weighted by Crippen LogP contribution is -2.04. The molecule has 136 valence electrons. The molecule has 2 aromatic carbocycles. The smallest absolute Gasteiger partial charge is 0.340 e. The van der Waals surface area contributed by atoms with Gasteiger partial charge in [-0.05, 0) is 42.5 Å². The number of methoxy groups -OCH3 is 1. The zero-order valence-corrected chi connectivity index (χ0v) is 14.4. The molecule has 0 spiro atoms. The minimum absolute atomic E-state index is 0.0551. The van der Waals surface area contributed by atoms with E-state index in [0.29, 0.717) is 22.5 Å². The van der Waals surface area contributed by atoms with Crippen molar-refractivity contribution in [3.63, 3.8) is 0 Å². The fraction of sp³-hybridized carbons (Fsp3) is 0.100. The van der Waals surface area contributed by atoms with Crippen molar-refractivity contribution >= 4 is 16.9 Å². The molecule has 0 bridgehead atoms. The molecule has 0 unspecified atom stereocenters. The highest BCUT2D eigenvalue weighted by Crippen LogP contribution is 2.23. The molecule has 0 saturated carbocycles. The van der Waals surface area contributed by atoms with Crippen LogP contribution in [-0.2, 0) is 11.3 Å². The van der Waals surface area contributed by atoms with E-state index in [1.165, 1.54) is 24.6 Å². The number of rotatable bonds is 5. The van der Waals surface area contributed by atoms with Crippen LogP contribution in [0.2, 0.25) is 0 Å². The number of benzene rings is 2. The number of nitrogens with one attached hydrogen (secondary N) is 1. The van der Waals surface area contributed by atoms with Gasteiger partial charge in [-0.3, -0.25) is 0 Å². The normalized spacial score (nSPS) is 10.9. The van der Waals surface area contributed by atoms with Gasteiger partial charge in [-0.1, -0.05) is 0 Å². The number of halogens is 1. The first-order valence-corrected chi connectivity index (χ1v) is 8.16. The van der Waals surface area contributed by atoms with Crippen molar-refractivity contribution in [1.29, 1.82) is 0 Å². The summed E-state index contributed by atoms with van der Waals surface area (Å²) in [5.41, 5.74) is 2.18. The van der Waals surface area contributed by atoms with Crippen LogP contribution in [0.5, 0.6) is 5.75 Å². The van der Waals surface area contributed by atoms with Gasteiger partial charge in [-0.25, -0.2) is 14.2 Å². The maximum absolute atomic E-state index is 13.4. The summed E-state index contributed by atoms with van der Waals surface area (Å²) in [6.07, 6.45) is 2.93. The Morgan fingerprint density at radius 1 is 1.22 bits per heavy atom. The van der Waals surface area contributed by atoms with Crippen LogP contribution in [0.4, 0.5) is 4.39 Å². The lowest BCUT2D eigenvalue weighted by molar-refractivity contribution is 0.0470. The topological polar surface area (TPSA) is 77.4 Å². The zero-order valence-electron chi connectivity index (χ0n) is 14.4. The molecule has 0 aliphatic heterocycles. The molecule has 2 aromatic heterocycles. The van der Waals surface area contributed by atoms with Crippen molar-refractivity contribution in [2.75, 3.05) is 7.11 Å². The molecule has 1 N–H and O–H groups in total. The van der Waals surface area contributed by atoms with Gasteiger partial charge >= 0.3 is 5.97 Å². The standard InChI is InChI=1S/C20H15FN2O4/c1-25-15-5-2-12(3-6-15)19-23-14(10-26-19)11-27-20(24)17-9-22-18-7-4-13(21)8-16(17)18/h2-10,22H,11H2,1H3. The quantitative estimate of drug-likeness (QED) is 0.532. The minimum atomic E-state index is -0.569. The van der Waals surface area contributed by atoms with Crippen LogP contribution >= 0.6 is 0 Å². The Bertz CT molecular complexity index is 1100. The zero-order chi connectivity index (χ0) is 18.8. The van der Waals surface area contributed by atoms with Crippen LogP contribution in [0.25, 0.3) is 22.4 Å². The second kappa shape index (κ2) is 6.95. The van der Waals surface area contributed by atoms with Gasteiger partial charge in [0, 0.05) is 22.7 Å². The highest BCUT2D eigenvalue weighted by atomic mass is 19.1. The second-order valence-electron chi connectivity index (χ2n) is 5.84. The molecule has 4 rings (SSSR count). The fourth-order valence-electron chi connectivity index (χ4n) is 2.72. The molecule has 0 aliphatic rings. The average molecular weight is 366 g/mol. The third-order valence-electron chi connectivity index (χ3n) is 4.10. The summed E-state index contributed by atoms with van der Waals surface area (Å²) in [5, 5.41) is 0.471. The molecule has 0 atom stereocenters. The van der Waals surface area contributed by atoms with E-state index in [2.05, 4.69) is 9.97 Å². The first-order chi connectivity index (χ1) is 13.1. The SMILES string of the molecule is COc1ccc(-c2nc(COC(=O)c3c[nH]c4ccc(F)cc34)co2)cc1. The van der Waals surface area contributed by atoms with Gasteiger partial charge in [-0.15, -0.1) is 0 Å². The summed E-state index contributed by atoms with van der Waals surface area (Å²) in [4.78, 5) is 19.5. The van der Waals surface area contributed by atoms with Crippen LogP contribution < -0.4 is 4.74 Å². The predicted octanol–water partition coefficient (Wildman–Crippen LogP) is 4.33. The number of H-pyrrole nitrogens is 1. The van der Waals surface area contributed by atoms with Crippen molar-refractivity contribution in [2.24, 2.45) is 0 Å². The number of hydrogen-bond donors (Lipinski definition) is 1. The van der Waals surface area contributed by atoms with E-state index in [-0.39, 0.29) is 12.2 Å². The molecule has 2 heterocycles. The van der Waals surface area contributed by atoms with Crippen LogP contribution in [-0.4, -0.2) is 23.0 Å². The molecule has 0 aliphatic carbocycles. The van der Waals surface area contributed by atoms with Crippen molar-refractivity contribution in [3.05, 3.63) is 72.0 Å². The molecule has 4 aromatic rings. The van der Waals surface area contributed by atoms with E-state index in [4.69, 9.17) is 13.9 Å². The summed E-state index contributed by atoms with van der Waals surface area (Å²) in [6.45, 7) is -0.0551. The number of nitrogens with zero attached hydrogens (tertiary/aromatic N) is 1. The summed E-state index contributed by atoms with van der Waals surface area (Å²) in [6, 6.07) is 11.4. The molecule has 0 saturated heterocycles. The summed E-state index contributed by atoms with van der Waals surface area (Å²) in [7, 11) is 1.59. The highest BCUT2D eigenvalue weighted by molar-refractivity contribution is 6.04. The average Bonchev–Trinajstić information content (AvgIpc) is 3.33. The lowest BCUT2D eigenvalue weighted by Gasteiger charge is -2.01. The van der Waals surface area contributed by atoms with E-state index in [1.54, 1.807) is 25.3 Å². The third kappa shape index (κ3) is 3.39. The molecule has 7 heteroatoms. The number of esters is 1. The molecule has 6 nitrogen and oxygen atoms in total. The van der Waals surface area contributed by atoms with E-state index >= 15 is 0 Å². The van der Waals surface area contributed by atoms with Crippen molar-refractivity contribution < 1.29 is 23.1 Å². The number of ether oxygens (including phenoxy) is 2. The Labute approximate surface area is 153 Å². The van der Waals surface area contributed by atoms with Crippen LogP contribution in [0.15, 0.2) is 59.3 Å². The molecule has 0 amide bonds. The Morgan fingerprint density at radius 2 is 2.04 bits per heavy atom. The van der Waals surface area contributed by atoms with E-state index < -0.39 is 11.8 Å². The van der Waals surface area contributed by atoms with E-state index in [0.717, 1.165) is 11.3 Å². The number of carbonyl (C=O) groups excluding carboxylic acids is 1. The van der Waals surface area contributed by atoms with Crippen LogP contribution in [0.1, 0.15) is 16.1 Å². The summed E-state index contributed by atoms with van der Waals surface area (Å²) in [5.74, 6) is 0.158. The number of hydrogen-bond acceptors (Lipinski definition) is 5. The Balaban J connectivity index is 1.46. The van der Waals surface area contributed by atoms with Gasteiger partial charge in [0.2, 0.25) is 5.89 Å². The van der Waals surface area contributed by atoms with Gasteiger partial charge in [-0.2, -0.15) is 0 Å². The number of oxazole rings is 1. The maximum Gasteiger partial charge on any atom is 0.340 e. The van der Waals surface area contributed by atoms with Gasteiger partial charge in [0.1, 0.15) is 30.1 Å². The Kier molecular flexibility index (Phi) is 4.33. The summed E-state index contributed by atoms with van der Waals surface area (Å²) >= 11 is 0. The third-order valence-corrected chi connectivity index (χ3v) is 4.10. The Morgan fingerprint density at radius 3 is 2.81 bits per heavy atom. The highest BCUT2D eigenvalue weighted by Gasteiger charge is 2.15. The number of fused-ring (bicyclic) bond motifs is 1. The first kappa shape index (κ1) is 16.8. The minimum Gasteiger partial charge on any atom is -0.497 e. The molecular weight excluding hydrogens is 351 g/mol. The van der Waals surface area contributed by atoms with Gasteiger partial charge in [0.25, 0.3) is 0 Å². The largest absolute Gasteiger partial charge is 0.497 e. The van der Waals surface area contributed by atoms with E-state index in [1.807, 2.05) is 12.1 Å². The monoisotopic (exact) mass is 366 g/mol. The first-order valence-electron chi connectivity index (χ1n) is 8.16. The molecule has 0 fully saturated rings. The van der Waals surface area contributed by atoms with E-state index in [9.17, 15) is 9.18 Å². The number of aromatic nitrogens is 2. The van der Waals surface area contributed by atoms with Crippen molar-refractivity contribution in [3.8, 4) is 17.2 Å². The van der Waals surface area contributed by atoms with Gasteiger partial charge in [0.05, 0.1) is 12.7 Å².